The van der Waals surface area contributed by atoms with Crippen molar-refractivity contribution in [2.45, 2.75) is 6.42 Å². The van der Waals surface area contributed by atoms with Gasteiger partial charge in [-0.05, 0) is 0 Å². The van der Waals surface area contributed by atoms with Crippen LogP contribution in [0.4, 0.5) is 0 Å². The van der Waals surface area contributed by atoms with Gasteiger partial charge in [0.05, 0.1) is 19.6 Å². The molecule has 0 aliphatic heterocycles. The lowest BCUT2D eigenvalue weighted by molar-refractivity contribution is -0.138. The van der Waals surface area contributed by atoms with E-state index in [0.29, 0.717) is 6.61 Å². The van der Waals surface area contributed by atoms with Crippen LogP contribution in [0.5, 0.6) is 0 Å². The van der Waals surface area contributed by atoms with Crippen LogP contribution in [0.25, 0.3) is 0 Å². The predicted octanol–water partition coefficient (Wildman–Crippen LogP) is 0.477. The van der Waals surface area contributed by atoms with E-state index in [-0.39, 0.29) is 13.0 Å². The molecule has 3 nitrogen and oxygen atoms in total. The number of hydrogen-bond donors (Lipinski definition) is 1. The van der Waals surface area contributed by atoms with Gasteiger partial charge < -0.3 is 9.84 Å². The fourth-order valence-electron chi connectivity index (χ4n) is 0.291. The molecule has 0 spiro atoms. The van der Waals surface area contributed by atoms with Crippen molar-refractivity contribution in [1.82, 2.24) is 0 Å². The third kappa shape index (κ3) is 7.52. The number of rotatable bonds is 5. The summed E-state index contributed by atoms with van der Waals surface area (Å²) in [7, 11) is 0. The number of carbonyl (C=O) groups is 1. The Labute approximate surface area is 58.6 Å². The van der Waals surface area contributed by atoms with Crippen LogP contribution in [0.2, 0.25) is 0 Å². The van der Waals surface area contributed by atoms with Gasteiger partial charge >= 0.3 is 5.97 Å². The zero-order valence-electron chi connectivity index (χ0n) is 4.87. The standard InChI is InChI=1S/C5H8O3S/c6-5(7)1-2-8-3-4-9/h4H,1-3H2,(H,6,7). The summed E-state index contributed by atoms with van der Waals surface area (Å²) in [6.45, 7) is 0.588. The van der Waals surface area contributed by atoms with Crippen molar-refractivity contribution in [3.05, 3.63) is 0 Å². The summed E-state index contributed by atoms with van der Waals surface area (Å²) in [4.78, 5) is 9.85. The Morgan fingerprint density at radius 1 is 1.78 bits per heavy atom. The summed E-state index contributed by atoms with van der Waals surface area (Å²) in [5.41, 5.74) is 0. The van der Waals surface area contributed by atoms with Crippen molar-refractivity contribution in [2.75, 3.05) is 13.2 Å². The highest BCUT2D eigenvalue weighted by Gasteiger charge is 1.93. The third-order valence-electron chi connectivity index (χ3n) is 0.646. The molecule has 0 bridgehead atoms. The van der Waals surface area contributed by atoms with Crippen LogP contribution >= 0.6 is 12.2 Å². The lowest BCUT2D eigenvalue weighted by atomic mass is 10.5. The van der Waals surface area contributed by atoms with Crippen LogP contribution in [0, 0.1) is 0 Å². The highest BCUT2D eigenvalue weighted by molar-refractivity contribution is 7.79. The first-order valence-corrected chi connectivity index (χ1v) is 2.97. The second kappa shape index (κ2) is 5.65. The van der Waals surface area contributed by atoms with Crippen LogP contribution < -0.4 is 0 Å². The average Bonchev–Trinajstić information content (AvgIpc) is 1.80. The van der Waals surface area contributed by atoms with Gasteiger partial charge in [0.2, 0.25) is 0 Å². The largest absolute Gasteiger partial charge is 0.481 e. The number of carboxylic acids is 1. The maximum atomic E-state index is 9.85. The summed E-state index contributed by atoms with van der Waals surface area (Å²) in [6.07, 6.45) is 0.0448. The minimum absolute atomic E-state index is 0.0448. The third-order valence-corrected chi connectivity index (χ3v) is 0.782. The van der Waals surface area contributed by atoms with E-state index in [9.17, 15) is 4.79 Å². The van der Waals surface area contributed by atoms with Crippen molar-refractivity contribution in [1.29, 1.82) is 0 Å². The average molecular weight is 148 g/mol. The first-order valence-electron chi connectivity index (χ1n) is 2.50. The molecule has 9 heavy (non-hydrogen) atoms. The summed E-state index contributed by atoms with van der Waals surface area (Å²) in [6, 6.07) is 0. The van der Waals surface area contributed by atoms with Crippen molar-refractivity contribution in [3.63, 3.8) is 0 Å². The highest BCUT2D eigenvalue weighted by atomic mass is 32.1. The van der Waals surface area contributed by atoms with E-state index in [1.165, 1.54) is 5.37 Å². The van der Waals surface area contributed by atoms with Gasteiger partial charge in [-0.25, -0.2) is 0 Å². The second-order valence-electron chi connectivity index (χ2n) is 1.39. The van der Waals surface area contributed by atoms with Crippen LogP contribution in [-0.4, -0.2) is 29.7 Å². The highest BCUT2D eigenvalue weighted by Crippen LogP contribution is 1.80. The smallest absolute Gasteiger partial charge is 0.305 e. The van der Waals surface area contributed by atoms with Gasteiger partial charge in [0.25, 0.3) is 0 Å². The molecule has 0 aliphatic carbocycles. The summed E-state index contributed by atoms with van der Waals surface area (Å²) >= 11 is 4.43. The first kappa shape index (κ1) is 8.52. The van der Waals surface area contributed by atoms with E-state index < -0.39 is 5.97 Å². The van der Waals surface area contributed by atoms with Gasteiger partial charge in [-0.1, -0.05) is 12.2 Å². The molecule has 0 aliphatic rings. The zero-order chi connectivity index (χ0) is 7.11. The van der Waals surface area contributed by atoms with Crippen LogP contribution in [0.15, 0.2) is 0 Å². The summed E-state index contributed by atoms with van der Waals surface area (Å²) in [5.74, 6) is -0.848. The Balaban J connectivity index is 2.91. The molecule has 0 heterocycles. The molecule has 0 aromatic carbocycles. The van der Waals surface area contributed by atoms with Gasteiger partial charge in [0.1, 0.15) is 0 Å². The predicted molar refractivity (Wildman–Crippen MR) is 36.7 cm³/mol. The molecular formula is C5H8O3S. The molecule has 0 atom stereocenters. The molecule has 0 saturated carbocycles. The Hall–Kier alpha value is -0.480. The van der Waals surface area contributed by atoms with Crippen LogP contribution in [-0.2, 0) is 9.53 Å². The topological polar surface area (TPSA) is 46.5 Å². The molecule has 0 amide bonds. The van der Waals surface area contributed by atoms with Gasteiger partial charge in [0, 0.05) is 5.37 Å². The van der Waals surface area contributed by atoms with E-state index in [1.807, 2.05) is 0 Å². The molecule has 1 N–H and O–H groups in total. The maximum Gasteiger partial charge on any atom is 0.305 e. The van der Waals surface area contributed by atoms with Crippen molar-refractivity contribution in [3.8, 4) is 0 Å². The molecule has 0 saturated heterocycles. The summed E-state index contributed by atoms with van der Waals surface area (Å²) in [5, 5.41) is 9.52. The molecule has 52 valence electrons. The lowest BCUT2D eigenvalue weighted by Crippen LogP contribution is -2.03. The van der Waals surface area contributed by atoms with E-state index in [1.54, 1.807) is 0 Å². The normalized spacial score (nSPS) is 8.89. The van der Waals surface area contributed by atoms with E-state index in [4.69, 9.17) is 9.84 Å². The minimum atomic E-state index is -0.848. The molecule has 0 fully saturated rings. The Morgan fingerprint density at radius 2 is 2.44 bits per heavy atom. The number of thiocarbonyl (C=S) groups is 1. The molecule has 0 aromatic rings. The fraction of sp³-hybridized carbons (Fsp3) is 0.600. The Bertz CT molecular complexity index is 102. The second-order valence-corrected chi connectivity index (χ2v) is 1.72. The van der Waals surface area contributed by atoms with Crippen molar-refractivity contribution >= 4 is 23.6 Å². The maximum absolute atomic E-state index is 9.85. The SMILES string of the molecule is O=C(O)CCOCC=S. The Morgan fingerprint density at radius 3 is 2.89 bits per heavy atom. The number of ether oxygens (including phenoxy) is 1. The molecule has 4 heteroatoms. The summed E-state index contributed by atoms with van der Waals surface area (Å²) < 4.78 is 4.75. The zero-order valence-corrected chi connectivity index (χ0v) is 5.69. The molecule has 0 unspecified atom stereocenters. The Kier molecular flexibility index (Phi) is 5.35. The van der Waals surface area contributed by atoms with Gasteiger partial charge in [-0.3, -0.25) is 4.79 Å². The molecular weight excluding hydrogens is 140 g/mol. The van der Waals surface area contributed by atoms with Crippen LogP contribution in [0.3, 0.4) is 0 Å². The molecule has 0 radical (unpaired) electrons. The molecule has 0 aromatic heterocycles. The first-order chi connectivity index (χ1) is 4.27. The monoisotopic (exact) mass is 148 g/mol. The van der Waals surface area contributed by atoms with Crippen molar-refractivity contribution in [2.24, 2.45) is 0 Å². The number of hydrogen-bond acceptors (Lipinski definition) is 3. The van der Waals surface area contributed by atoms with E-state index in [2.05, 4.69) is 12.2 Å². The quantitative estimate of drug-likeness (QED) is 0.455. The van der Waals surface area contributed by atoms with E-state index >= 15 is 0 Å². The van der Waals surface area contributed by atoms with E-state index in [0.717, 1.165) is 0 Å². The number of carboxylic acid groups (broad SMARTS) is 1. The van der Waals surface area contributed by atoms with Crippen LogP contribution in [0.1, 0.15) is 6.42 Å². The van der Waals surface area contributed by atoms with Crippen molar-refractivity contribution < 1.29 is 14.6 Å². The van der Waals surface area contributed by atoms with Gasteiger partial charge in [-0.2, -0.15) is 0 Å². The lowest BCUT2D eigenvalue weighted by Gasteiger charge is -1.94. The minimum Gasteiger partial charge on any atom is -0.481 e. The van der Waals surface area contributed by atoms with Gasteiger partial charge in [0.15, 0.2) is 0 Å². The fourth-order valence-corrected chi connectivity index (χ4v) is 0.387. The number of aliphatic carboxylic acids is 1. The molecule has 0 rings (SSSR count). The van der Waals surface area contributed by atoms with Gasteiger partial charge in [-0.15, -0.1) is 0 Å².